The average Bonchev–Trinajstić information content (AvgIpc) is 3.27. The Morgan fingerprint density at radius 2 is 0.862 bits per heavy atom. The van der Waals surface area contributed by atoms with Gasteiger partial charge in [0.05, 0.1) is 12.8 Å². The van der Waals surface area contributed by atoms with E-state index in [0.29, 0.717) is 12.8 Å². The molecule has 65 heavy (non-hydrogen) atoms. The van der Waals surface area contributed by atoms with Crippen molar-refractivity contribution in [1.82, 2.24) is 4.90 Å². The predicted octanol–water partition coefficient (Wildman–Crippen LogP) is 10.6. The van der Waals surface area contributed by atoms with Gasteiger partial charge in [0.2, 0.25) is 5.91 Å². The Bertz CT molecular complexity index is 1330. The van der Waals surface area contributed by atoms with Crippen LogP contribution in [0.4, 0.5) is 0 Å². The molecule has 0 aliphatic rings. The maximum Gasteiger partial charge on any atom is 0.333 e. The number of rotatable bonds is 45. The monoisotopic (exact) mass is 921 g/mol. The summed E-state index contributed by atoms with van der Waals surface area (Å²) in [6, 6.07) is 0. The van der Waals surface area contributed by atoms with Crippen LogP contribution < -0.4 is 5.73 Å². The van der Waals surface area contributed by atoms with E-state index in [-0.39, 0.29) is 38.8 Å². The number of carboxylic acid groups (broad SMARTS) is 1. The first-order chi connectivity index (χ1) is 31.5. The van der Waals surface area contributed by atoms with Gasteiger partial charge in [-0.25, -0.2) is 4.79 Å². The zero-order chi connectivity index (χ0) is 48.0. The molecule has 374 valence electrons. The van der Waals surface area contributed by atoms with E-state index < -0.39 is 80.4 Å². The quantitative estimate of drug-likeness (QED) is 0.0192. The maximum atomic E-state index is 12.8. The lowest BCUT2D eigenvalue weighted by Gasteiger charge is -2.19. The minimum absolute atomic E-state index is 0.0815. The Balaban J connectivity index is 4.77. The van der Waals surface area contributed by atoms with Crippen LogP contribution in [0.1, 0.15) is 219 Å². The first kappa shape index (κ1) is 60.9. The summed E-state index contributed by atoms with van der Waals surface area (Å²) in [6.45, 7) is 2.40. The minimum Gasteiger partial charge on any atom is -0.480 e. The van der Waals surface area contributed by atoms with E-state index in [1.807, 2.05) is 0 Å². The van der Waals surface area contributed by atoms with E-state index in [0.717, 1.165) is 81.9 Å². The second-order valence-electron chi connectivity index (χ2n) is 17.0. The molecule has 0 saturated carbocycles. The number of carbonyl (C=O) groups excluding carboxylic acids is 6. The van der Waals surface area contributed by atoms with Gasteiger partial charge < -0.3 is 34.7 Å². The molecule has 0 aliphatic heterocycles. The number of carboxylic acids is 1. The van der Waals surface area contributed by atoms with Crippen molar-refractivity contribution in [3.05, 3.63) is 24.3 Å². The largest absolute Gasteiger partial charge is 0.480 e. The summed E-state index contributed by atoms with van der Waals surface area (Å²) in [4.78, 5) is 86.6. The van der Waals surface area contributed by atoms with Crippen molar-refractivity contribution >= 4 is 41.7 Å². The van der Waals surface area contributed by atoms with Gasteiger partial charge in [-0.1, -0.05) is 141 Å². The third-order valence-corrected chi connectivity index (χ3v) is 10.8. The van der Waals surface area contributed by atoms with E-state index in [4.69, 9.17) is 25.1 Å². The molecule has 0 bridgehead atoms. The summed E-state index contributed by atoms with van der Waals surface area (Å²) < 4.78 is 20.9. The van der Waals surface area contributed by atoms with Crippen molar-refractivity contribution in [2.45, 2.75) is 225 Å². The second-order valence-corrected chi connectivity index (χ2v) is 17.0. The van der Waals surface area contributed by atoms with E-state index in [1.54, 1.807) is 0 Å². The first-order valence-corrected chi connectivity index (χ1v) is 25.3. The highest BCUT2D eigenvalue weighted by atomic mass is 16.6. The third kappa shape index (κ3) is 42.3. The number of nitrogens with zero attached hydrogens (tertiary/aromatic N) is 1. The van der Waals surface area contributed by atoms with Gasteiger partial charge in [-0.15, -0.1) is 0 Å². The van der Waals surface area contributed by atoms with Crippen molar-refractivity contribution in [2.24, 2.45) is 5.73 Å². The van der Waals surface area contributed by atoms with Gasteiger partial charge in [0.1, 0.15) is 26.3 Å². The van der Waals surface area contributed by atoms with Crippen LogP contribution in [0, 0.1) is 0 Å². The highest BCUT2D eigenvalue weighted by Gasteiger charge is 2.23. The van der Waals surface area contributed by atoms with E-state index in [2.05, 4.69) is 42.9 Å². The SMILES string of the molecule is CCCCCCCC/C=C\CCCCCCCC(=O)OCC(COC(=O)CCC(=O)OC(=O)CN(CC(=O)O)C(=O)CCCN)OC(=O)CCCCCCC/C=C\CCCCCCCC. The number of allylic oxidation sites excluding steroid dienone is 4. The van der Waals surface area contributed by atoms with E-state index in [1.165, 1.54) is 77.0 Å². The Morgan fingerprint density at radius 3 is 1.31 bits per heavy atom. The van der Waals surface area contributed by atoms with Crippen LogP contribution in [0.3, 0.4) is 0 Å². The minimum atomic E-state index is -1.35. The molecule has 14 heteroatoms. The number of aliphatic carboxylic acids is 1. The lowest BCUT2D eigenvalue weighted by atomic mass is 10.1. The van der Waals surface area contributed by atoms with Gasteiger partial charge in [0.25, 0.3) is 0 Å². The summed E-state index contributed by atoms with van der Waals surface area (Å²) in [5.74, 6) is -6.02. The summed E-state index contributed by atoms with van der Waals surface area (Å²) in [7, 11) is 0. The van der Waals surface area contributed by atoms with Crippen LogP contribution in [0.2, 0.25) is 0 Å². The summed E-state index contributed by atoms with van der Waals surface area (Å²) in [5, 5.41) is 9.09. The highest BCUT2D eigenvalue weighted by molar-refractivity contribution is 5.91. The summed E-state index contributed by atoms with van der Waals surface area (Å²) in [6.07, 6.45) is 37.1. The van der Waals surface area contributed by atoms with Gasteiger partial charge in [-0.3, -0.25) is 28.8 Å². The molecule has 1 amide bonds. The van der Waals surface area contributed by atoms with Crippen LogP contribution in [0.15, 0.2) is 24.3 Å². The van der Waals surface area contributed by atoms with Crippen LogP contribution in [0.5, 0.6) is 0 Å². The molecule has 0 saturated heterocycles. The molecular formula is C51H88N2O12. The smallest absolute Gasteiger partial charge is 0.333 e. The summed E-state index contributed by atoms with van der Waals surface area (Å²) >= 11 is 0. The van der Waals surface area contributed by atoms with Gasteiger partial charge in [0, 0.05) is 19.3 Å². The number of hydrogen-bond acceptors (Lipinski definition) is 12. The molecule has 1 atom stereocenters. The normalized spacial score (nSPS) is 11.7. The molecule has 0 rings (SSSR count). The number of hydrogen-bond donors (Lipinski definition) is 2. The number of carbonyl (C=O) groups is 7. The standard InChI is InChI=1S/C51H88N2O12/c1-3-5-7-9-11-13-15-17-19-21-23-25-27-29-31-35-47(57)62-42-44(64-49(59)36-32-30-28-26-24-22-20-18-16-14-12-10-8-6-4-2)43-63-48(58)37-38-50(60)65-51(61)41-53(40-46(55)56)45(54)34-33-39-52/h17-20,44H,3-16,21-43,52H2,1-2H3,(H,55,56)/b19-17-,20-18-. The van der Waals surface area contributed by atoms with Gasteiger partial charge >= 0.3 is 35.8 Å². The fraction of sp³-hybridized carbons (Fsp3) is 0.784. The zero-order valence-electron chi connectivity index (χ0n) is 40.5. The van der Waals surface area contributed by atoms with Crippen molar-refractivity contribution < 1.29 is 57.6 Å². The predicted molar refractivity (Wildman–Crippen MR) is 254 cm³/mol. The number of nitrogens with two attached hydrogens (primary N) is 1. The molecule has 0 fully saturated rings. The van der Waals surface area contributed by atoms with Crippen molar-refractivity contribution in [3.63, 3.8) is 0 Å². The van der Waals surface area contributed by atoms with E-state index in [9.17, 15) is 33.6 Å². The molecule has 0 radical (unpaired) electrons. The number of esters is 5. The molecule has 0 aromatic carbocycles. The first-order valence-electron chi connectivity index (χ1n) is 25.3. The lowest BCUT2D eigenvalue weighted by molar-refractivity contribution is -0.168. The molecule has 0 aromatic rings. The topological polar surface area (TPSA) is 206 Å². The van der Waals surface area contributed by atoms with Crippen LogP contribution in [-0.2, 0) is 52.5 Å². The van der Waals surface area contributed by atoms with Crippen LogP contribution in [0.25, 0.3) is 0 Å². The molecule has 1 unspecified atom stereocenters. The third-order valence-electron chi connectivity index (χ3n) is 10.8. The fourth-order valence-electron chi connectivity index (χ4n) is 6.93. The molecule has 3 N–H and O–H groups in total. The molecule has 0 spiro atoms. The van der Waals surface area contributed by atoms with Crippen LogP contribution in [-0.4, -0.2) is 90.7 Å². The molecule has 0 aliphatic carbocycles. The molecule has 0 heterocycles. The lowest BCUT2D eigenvalue weighted by Crippen LogP contribution is -2.40. The number of unbranched alkanes of at least 4 members (excludes halogenated alkanes) is 22. The molecular weight excluding hydrogens is 833 g/mol. The Hall–Kier alpha value is -4.07. The highest BCUT2D eigenvalue weighted by Crippen LogP contribution is 2.14. The Labute approximate surface area is 391 Å². The fourth-order valence-corrected chi connectivity index (χ4v) is 6.93. The average molecular weight is 921 g/mol. The number of ether oxygens (including phenoxy) is 4. The zero-order valence-corrected chi connectivity index (χ0v) is 40.5. The number of amides is 1. The second kappa shape index (κ2) is 45.1. The maximum absolute atomic E-state index is 12.8. The van der Waals surface area contributed by atoms with Gasteiger partial charge in [0.15, 0.2) is 6.10 Å². The Morgan fingerprint density at radius 1 is 0.462 bits per heavy atom. The van der Waals surface area contributed by atoms with E-state index >= 15 is 0 Å². The van der Waals surface area contributed by atoms with Gasteiger partial charge in [-0.05, 0) is 77.2 Å². The van der Waals surface area contributed by atoms with Crippen LogP contribution >= 0.6 is 0 Å². The van der Waals surface area contributed by atoms with Crippen molar-refractivity contribution in [2.75, 3.05) is 32.8 Å². The van der Waals surface area contributed by atoms with Crippen molar-refractivity contribution in [3.8, 4) is 0 Å². The van der Waals surface area contributed by atoms with Crippen molar-refractivity contribution in [1.29, 1.82) is 0 Å². The Kier molecular flexibility index (Phi) is 42.3. The molecule has 14 nitrogen and oxygen atoms in total. The molecule has 0 aromatic heterocycles. The summed E-state index contributed by atoms with van der Waals surface area (Å²) in [5.41, 5.74) is 5.40. The van der Waals surface area contributed by atoms with Gasteiger partial charge in [-0.2, -0.15) is 0 Å².